The summed E-state index contributed by atoms with van der Waals surface area (Å²) in [6.07, 6.45) is -0.526. The van der Waals surface area contributed by atoms with E-state index in [0.29, 0.717) is 11.9 Å². The van der Waals surface area contributed by atoms with E-state index in [1.807, 2.05) is 0 Å². The molecule has 1 fully saturated rings. The lowest BCUT2D eigenvalue weighted by Gasteiger charge is -2.25. The minimum atomic E-state index is -1.77. The van der Waals surface area contributed by atoms with E-state index in [1.165, 1.54) is 12.0 Å². The number of amides is 3. The van der Waals surface area contributed by atoms with Crippen molar-refractivity contribution in [3.05, 3.63) is 0 Å². The fourth-order valence-electron chi connectivity index (χ4n) is 1.43. The van der Waals surface area contributed by atoms with Gasteiger partial charge in [-0.2, -0.15) is 4.31 Å². The van der Waals surface area contributed by atoms with Gasteiger partial charge in [0.15, 0.2) is 0 Å². The first-order valence-corrected chi connectivity index (χ1v) is 6.54. The van der Waals surface area contributed by atoms with Gasteiger partial charge in [0.05, 0.1) is 0 Å². The van der Waals surface area contributed by atoms with Crippen LogP contribution in [0.2, 0.25) is 0 Å². The van der Waals surface area contributed by atoms with Crippen LogP contribution in [0.1, 0.15) is 13.8 Å². The van der Waals surface area contributed by atoms with Gasteiger partial charge < -0.3 is 4.74 Å². The summed E-state index contributed by atoms with van der Waals surface area (Å²) in [6.45, 7) is 3.25. The number of imide groups is 1. The molecule has 1 saturated heterocycles. The van der Waals surface area contributed by atoms with E-state index in [4.69, 9.17) is 39.5 Å². The van der Waals surface area contributed by atoms with Crippen molar-refractivity contribution < 1.29 is 14.3 Å². The van der Waals surface area contributed by atoms with Crippen LogP contribution in [0.4, 0.5) is 4.79 Å². The minimum Gasteiger partial charge on any atom is -0.362 e. The third kappa shape index (κ3) is 3.32. The first-order chi connectivity index (χ1) is 7.69. The van der Waals surface area contributed by atoms with E-state index < -0.39 is 27.3 Å². The quantitative estimate of drug-likeness (QED) is 0.455. The van der Waals surface area contributed by atoms with Gasteiger partial charge in [0, 0.05) is 19.1 Å². The monoisotopic (exact) mass is 320 g/mol. The highest BCUT2D eigenvalue weighted by Gasteiger charge is 2.48. The molecule has 1 rings (SSSR count). The molecule has 17 heavy (non-hydrogen) atoms. The topological polar surface area (TPSA) is 49.9 Å². The molecule has 2 unspecified atom stereocenters. The molecule has 0 bridgehead atoms. The van der Waals surface area contributed by atoms with Gasteiger partial charge >= 0.3 is 6.03 Å². The predicted octanol–water partition coefficient (Wildman–Crippen LogP) is 2.61. The van der Waals surface area contributed by atoms with Crippen molar-refractivity contribution in [2.75, 3.05) is 7.11 Å². The maximum absolute atomic E-state index is 12.0. The van der Waals surface area contributed by atoms with Gasteiger partial charge in [-0.3, -0.25) is 9.69 Å². The Morgan fingerprint density at radius 3 is 2.35 bits per heavy atom. The Kier molecular flexibility index (Phi) is 4.82. The number of carbonyl (C=O) groups is 2. The molecule has 0 N–H and O–H groups in total. The molecule has 98 valence electrons. The Labute approximate surface area is 118 Å². The Morgan fingerprint density at radius 1 is 1.41 bits per heavy atom. The molecule has 0 aromatic rings. The molecule has 5 nitrogen and oxygen atoms in total. The van der Waals surface area contributed by atoms with Crippen LogP contribution in [0, 0.1) is 0 Å². The van der Waals surface area contributed by atoms with E-state index in [9.17, 15) is 9.59 Å². The van der Waals surface area contributed by atoms with Crippen molar-refractivity contribution in [2.24, 2.45) is 0 Å². The fourth-order valence-corrected chi connectivity index (χ4v) is 2.67. The zero-order valence-corrected chi connectivity index (χ0v) is 12.4. The molecule has 2 atom stereocenters. The van der Waals surface area contributed by atoms with Gasteiger partial charge in [-0.1, -0.05) is 34.8 Å². The number of hydrogen-bond donors (Lipinski definition) is 0. The van der Waals surface area contributed by atoms with Gasteiger partial charge in [-0.25, -0.2) is 4.79 Å². The van der Waals surface area contributed by atoms with Gasteiger partial charge in [0.1, 0.15) is 12.3 Å². The van der Waals surface area contributed by atoms with Crippen molar-refractivity contribution in [3.8, 4) is 0 Å². The van der Waals surface area contributed by atoms with Crippen LogP contribution in [-0.2, 0) is 9.53 Å². The Hall–Kier alpha value is 0.120. The summed E-state index contributed by atoms with van der Waals surface area (Å²) in [5, 5.41) is 0. The molecule has 0 spiro atoms. The number of carbonyl (C=O) groups excluding carboxylic acids is 2. The fraction of sp³-hybridized carbons (Fsp3) is 0.750. The molecule has 0 aromatic heterocycles. The number of halogens is 3. The second-order valence-corrected chi connectivity index (χ2v) is 7.48. The van der Waals surface area contributed by atoms with Crippen LogP contribution in [-0.4, -0.2) is 43.6 Å². The van der Waals surface area contributed by atoms with E-state index in [1.54, 1.807) is 13.8 Å². The molecule has 0 radical (unpaired) electrons. The number of rotatable bonds is 3. The number of urea groups is 1. The molecule has 1 aliphatic heterocycles. The summed E-state index contributed by atoms with van der Waals surface area (Å²) < 4.78 is 4.09. The SMILES string of the molecule is COC(C)N1C(=O)N(SC(Cl)(Cl)Cl)C(=O)C1C. The van der Waals surface area contributed by atoms with E-state index in [-0.39, 0.29) is 0 Å². The highest BCUT2D eigenvalue weighted by atomic mass is 35.6. The second kappa shape index (κ2) is 5.40. The Bertz CT molecular complexity index is 336. The molecular weight excluding hydrogens is 311 g/mol. The van der Waals surface area contributed by atoms with E-state index >= 15 is 0 Å². The standard InChI is InChI=1S/C8H11Cl3N2O3S/c1-4-6(14)13(17-8(9,10)11)7(15)12(4)5(2)16-3/h4-5H,1-3H3. The first-order valence-electron chi connectivity index (χ1n) is 4.64. The summed E-state index contributed by atoms with van der Waals surface area (Å²) in [4.78, 5) is 25.1. The number of ether oxygens (including phenoxy) is 1. The molecule has 3 amide bonds. The molecule has 0 aliphatic carbocycles. The van der Waals surface area contributed by atoms with Crippen LogP contribution in [0.5, 0.6) is 0 Å². The van der Waals surface area contributed by atoms with Gasteiger partial charge in [0.25, 0.3) is 9.03 Å². The molecule has 1 aliphatic rings. The van der Waals surface area contributed by atoms with Crippen molar-refractivity contribution in [1.82, 2.24) is 9.21 Å². The van der Waals surface area contributed by atoms with Crippen molar-refractivity contribution in [3.63, 3.8) is 0 Å². The van der Waals surface area contributed by atoms with Crippen LogP contribution in [0.15, 0.2) is 0 Å². The summed E-state index contributed by atoms with van der Waals surface area (Å²) in [6, 6.07) is -1.19. The van der Waals surface area contributed by atoms with Gasteiger partial charge in [-0.05, 0) is 13.8 Å². The number of hydrogen-bond acceptors (Lipinski definition) is 4. The maximum Gasteiger partial charge on any atom is 0.339 e. The highest BCUT2D eigenvalue weighted by Crippen LogP contribution is 2.43. The molecule has 0 saturated carbocycles. The van der Waals surface area contributed by atoms with Crippen LogP contribution in [0.25, 0.3) is 0 Å². The zero-order chi connectivity index (χ0) is 13.4. The van der Waals surface area contributed by atoms with Crippen molar-refractivity contribution in [2.45, 2.75) is 29.2 Å². The Balaban J connectivity index is 2.90. The number of alkyl halides is 3. The van der Waals surface area contributed by atoms with Crippen LogP contribution < -0.4 is 0 Å². The molecular formula is C8H11Cl3N2O3S. The molecule has 0 aromatic carbocycles. The Morgan fingerprint density at radius 2 is 1.94 bits per heavy atom. The first kappa shape index (κ1) is 15.2. The lowest BCUT2D eigenvalue weighted by molar-refractivity contribution is -0.126. The summed E-state index contributed by atoms with van der Waals surface area (Å²) in [7, 11) is 1.44. The maximum atomic E-state index is 12.0. The van der Waals surface area contributed by atoms with Crippen LogP contribution in [0.3, 0.4) is 0 Å². The number of nitrogens with zero attached hydrogens (tertiary/aromatic N) is 2. The highest BCUT2D eigenvalue weighted by molar-refractivity contribution is 8.03. The zero-order valence-electron chi connectivity index (χ0n) is 9.32. The summed E-state index contributed by atoms with van der Waals surface area (Å²) in [5.41, 5.74) is 0. The smallest absolute Gasteiger partial charge is 0.339 e. The van der Waals surface area contributed by atoms with Gasteiger partial charge in [0.2, 0.25) is 0 Å². The molecule has 1 heterocycles. The summed E-state index contributed by atoms with van der Waals surface area (Å²) >= 11 is 17.2. The van der Waals surface area contributed by atoms with Gasteiger partial charge in [-0.15, -0.1) is 0 Å². The minimum absolute atomic E-state index is 0.435. The number of methoxy groups -OCH3 is 1. The second-order valence-electron chi connectivity index (χ2n) is 3.37. The average molecular weight is 322 g/mol. The van der Waals surface area contributed by atoms with Crippen molar-refractivity contribution in [1.29, 1.82) is 0 Å². The average Bonchev–Trinajstić information content (AvgIpc) is 2.40. The third-order valence-corrected chi connectivity index (χ3v) is 3.64. The predicted molar refractivity (Wildman–Crippen MR) is 67.9 cm³/mol. The normalized spacial score (nSPS) is 23.5. The van der Waals surface area contributed by atoms with Crippen LogP contribution >= 0.6 is 46.8 Å². The van der Waals surface area contributed by atoms with Crippen molar-refractivity contribution >= 4 is 58.7 Å². The lowest BCUT2D eigenvalue weighted by Crippen LogP contribution is -2.41. The summed E-state index contributed by atoms with van der Waals surface area (Å²) in [5.74, 6) is -0.435. The molecule has 9 heteroatoms. The third-order valence-electron chi connectivity index (χ3n) is 2.30. The largest absolute Gasteiger partial charge is 0.362 e. The lowest BCUT2D eigenvalue weighted by atomic mass is 10.3. The van der Waals surface area contributed by atoms with E-state index in [0.717, 1.165) is 4.31 Å². The van der Waals surface area contributed by atoms with E-state index in [2.05, 4.69) is 0 Å².